The third kappa shape index (κ3) is 17.4. The fourth-order valence-corrected chi connectivity index (χ4v) is 15.6. The molecular weight excluding hydrogens is 1380 g/mol. The third-order valence-corrected chi connectivity index (χ3v) is 20.1. The van der Waals surface area contributed by atoms with E-state index in [9.17, 15) is 48.8 Å². The lowest BCUT2D eigenvalue weighted by Gasteiger charge is -2.14. The van der Waals surface area contributed by atoms with Gasteiger partial charge in [0.2, 0.25) is 34.4 Å². The molecule has 3 atom stereocenters. The van der Waals surface area contributed by atoms with E-state index in [4.69, 9.17) is 40.3 Å². The van der Waals surface area contributed by atoms with Crippen molar-refractivity contribution in [2.45, 2.75) is 9.79 Å². The van der Waals surface area contributed by atoms with Crippen molar-refractivity contribution in [2.24, 2.45) is 20.5 Å². The van der Waals surface area contributed by atoms with Gasteiger partial charge in [-0.25, -0.2) is 16.8 Å². The van der Waals surface area contributed by atoms with Crippen molar-refractivity contribution in [3.8, 4) is 28.7 Å². The number of benzene rings is 8. The highest BCUT2D eigenvalue weighted by Gasteiger charge is 2.22. The van der Waals surface area contributed by atoms with Crippen LogP contribution in [0, 0.1) is 0 Å². The van der Waals surface area contributed by atoms with Crippen LogP contribution < -0.4 is 33.8 Å². The van der Waals surface area contributed by atoms with E-state index in [1.165, 1.54) is 125 Å². The lowest BCUT2D eigenvalue weighted by Crippen LogP contribution is -2.09. The molecule has 8 aromatic carbocycles. The summed E-state index contributed by atoms with van der Waals surface area (Å²) in [6.07, 6.45) is 0. The lowest BCUT2D eigenvalue weighted by molar-refractivity contribution is 0.452. The fraction of sp³-hybridized carbons (Fsp3) is 0.0741. The molecule has 9 N–H and O–H groups in total. The molecule has 2 heterocycles. The number of aromatic nitrogens is 6. The van der Waals surface area contributed by atoms with Crippen LogP contribution in [0.1, 0.15) is 0 Å². The van der Waals surface area contributed by atoms with E-state index in [-0.39, 0.29) is 129 Å². The minimum absolute atomic E-state index is 0.00509. The number of azo groups is 2. The molecule has 0 aliphatic heterocycles. The van der Waals surface area contributed by atoms with Crippen LogP contribution in [-0.4, -0.2) is 106 Å². The van der Waals surface area contributed by atoms with E-state index in [2.05, 4.69) is 71.6 Å². The second-order valence-corrected chi connectivity index (χ2v) is 27.8. The molecule has 0 spiro atoms. The molecule has 38 heteroatoms. The molecule has 10 rings (SSSR count). The number of sulfone groups is 2. The first-order chi connectivity index (χ1) is 44.1. The van der Waals surface area contributed by atoms with Gasteiger partial charge in [0.1, 0.15) is 17.2 Å². The smallest absolute Gasteiger partial charge is 0.357 e. The van der Waals surface area contributed by atoms with E-state index in [0.29, 0.717) is 22.1 Å². The van der Waals surface area contributed by atoms with Crippen molar-refractivity contribution < 1.29 is 65.9 Å². The number of hydrogen-bond donors (Lipinski definition) is 9. The Morgan fingerprint density at radius 3 is 1.51 bits per heavy atom. The van der Waals surface area contributed by atoms with Gasteiger partial charge in [0.15, 0.2) is 42.6 Å². The monoisotopic (exact) mass is 1420 g/mol. The summed E-state index contributed by atoms with van der Waals surface area (Å²) in [7, 11) is -5.30. The minimum Gasteiger partial charge on any atom is -0.505 e. The summed E-state index contributed by atoms with van der Waals surface area (Å²) in [6.45, 7) is 0. The van der Waals surface area contributed by atoms with Crippen molar-refractivity contribution >= 4 is 189 Å². The molecule has 92 heavy (non-hydrogen) atoms. The summed E-state index contributed by atoms with van der Waals surface area (Å²) in [5.41, 5.74) is 1.42. The molecule has 474 valence electrons. The summed E-state index contributed by atoms with van der Waals surface area (Å²) >= 11 is 4.35. The predicted molar refractivity (Wildman–Crippen MR) is 351 cm³/mol. The van der Waals surface area contributed by atoms with Gasteiger partial charge in [-0.2, -0.15) is 52.8 Å². The minimum atomic E-state index is -3.84. The van der Waals surface area contributed by atoms with E-state index >= 15 is 0 Å². The first kappa shape index (κ1) is 66.1. The van der Waals surface area contributed by atoms with Crippen LogP contribution in [0.15, 0.2) is 182 Å². The highest BCUT2D eigenvalue weighted by Crippen LogP contribution is 2.47. The van der Waals surface area contributed by atoms with Gasteiger partial charge in [-0.15, -0.1) is 10.2 Å². The number of phenolic OH excluding ortho intramolecular Hbond substituents is 2. The number of rotatable bonds is 27. The number of nitrogens with zero attached hydrogens (tertiary/aromatic N) is 10. The maximum atomic E-state index is 13.3. The van der Waals surface area contributed by atoms with Crippen LogP contribution in [-0.2, 0) is 53.8 Å². The molecule has 0 aliphatic rings. The molecule has 29 nitrogen and oxygen atoms in total. The van der Waals surface area contributed by atoms with Gasteiger partial charge in [0.25, 0.3) is 0 Å². The van der Waals surface area contributed by atoms with Crippen LogP contribution in [0.25, 0.3) is 21.5 Å². The van der Waals surface area contributed by atoms with Crippen molar-refractivity contribution in [1.29, 1.82) is 0 Å². The van der Waals surface area contributed by atoms with Gasteiger partial charge in [-0.3, -0.25) is 13.7 Å². The summed E-state index contributed by atoms with van der Waals surface area (Å²) < 4.78 is 131. The Hall–Kier alpha value is -8.79. The largest absolute Gasteiger partial charge is 0.505 e. The predicted octanol–water partition coefficient (Wildman–Crippen LogP) is 13.1. The Labute approximate surface area is 546 Å². The van der Waals surface area contributed by atoms with Gasteiger partial charge in [0, 0.05) is 39.7 Å². The highest BCUT2D eigenvalue weighted by molar-refractivity contribution is 8.76. The normalized spacial score (nSPS) is 12.8. The SMILES string of the molecule is O=S(O)Oc1ccc(Nc2nc(Cl)nc(Nc3cc(OS(=O)O)cc4ccc(N=Nc5ccc(S(=O)(=O)CCSSCCS(=O)(=O)c6ccc(N=Nc7c(OS(=O)O)cc8cccc(Nc9nc(Cl)nc(Nc%10ccccc%10)n9)c8c7O)cc6)cc5)c(O)c34)n2)cc1. The molecule has 0 saturated heterocycles. The third-order valence-electron chi connectivity index (χ3n) is 12.4. The van der Waals surface area contributed by atoms with Gasteiger partial charge in [-0.1, -0.05) is 58.0 Å². The van der Waals surface area contributed by atoms with Crippen molar-refractivity contribution in [1.82, 2.24) is 29.9 Å². The molecule has 0 fully saturated rings. The molecule has 2 aromatic heterocycles. The van der Waals surface area contributed by atoms with Gasteiger partial charge in [-0.05, 0) is 143 Å². The Morgan fingerprint density at radius 1 is 0.467 bits per heavy atom. The summed E-state index contributed by atoms with van der Waals surface area (Å²) in [4.78, 5) is 25.1. The lowest BCUT2D eigenvalue weighted by atomic mass is 10.1. The quantitative estimate of drug-likeness (QED) is 0.00999. The molecule has 0 amide bonds. The number of para-hydroxylation sites is 1. The number of aromatic hydroxyl groups is 2. The molecule has 0 saturated carbocycles. The Kier molecular flexibility index (Phi) is 21.3. The van der Waals surface area contributed by atoms with Crippen LogP contribution >= 0.6 is 44.8 Å². The second kappa shape index (κ2) is 29.7. The molecule has 10 aromatic rings. The number of halogens is 2. The molecule has 3 unspecified atom stereocenters. The average molecular weight is 1420 g/mol. The maximum absolute atomic E-state index is 13.3. The highest BCUT2D eigenvalue weighted by atomic mass is 35.5. The van der Waals surface area contributed by atoms with Crippen LogP contribution in [0.5, 0.6) is 28.7 Å². The Morgan fingerprint density at radius 2 is 0.957 bits per heavy atom. The zero-order chi connectivity index (χ0) is 65.1. The van der Waals surface area contributed by atoms with Gasteiger partial charge in [0.05, 0.1) is 44.0 Å². The van der Waals surface area contributed by atoms with E-state index < -0.39 is 65.3 Å². The number of phenols is 2. The average Bonchev–Trinajstić information content (AvgIpc) is 0.812. The second-order valence-electron chi connectivity index (χ2n) is 18.4. The topological polar surface area (TPSA) is 423 Å². The fourth-order valence-electron chi connectivity index (χ4n) is 8.38. The summed E-state index contributed by atoms with van der Waals surface area (Å²) in [5, 5.41) is 52.2. The zero-order valence-electron chi connectivity index (χ0n) is 46.2. The van der Waals surface area contributed by atoms with Crippen molar-refractivity contribution in [3.05, 3.63) is 162 Å². The Balaban J connectivity index is 0.736. The molecule has 0 aliphatic carbocycles. The maximum Gasteiger partial charge on any atom is 0.357 e. The standard InChI is InChI=1S/C54H42Cl2N14O15S7/c55-49-61-51(57-32-6-2-1-3-7-32)65-53(63-49)59-40-8-4-5-30-28-43(85-90(77)78)46(48(72)44(30)40)70-68-35-14-20-39(21-15-35)92(81,82)26-24-87-86-23-25-91(79,80)38-18-12-34(13-19-38)67-69-41-22-9-31-27-37(84-89(75)76)29-42(45(31)47(41)71)60-54-64-50(56)62-52(66-54)58-33-10-16-36(17-11-33)83-88(73)74/h1-22,27-29,71-72H,23-26H2,(H,73,74)(H,75,76)(H,77,78)(H2,57,59,61,63,65)(H2,58,60,62,64,66). The first-order valence-electron chi connectivity index (χ1n) is 25.9. The molecule has 0 bridgehead atoms. The van der Waals surface area contributed by atoms with Crippen LogP contribution in [0.3, 0.4) is 0 Å². The summed E-state index contributed by atoms with van der Waals surface area (Å²) in [6, 6.07) is 37.6. The number of fused-ring (bicyclic) bond motifs is 2. The number of hydrogen-bond acceptors (Lipinski definition) is 28. The van der Waals surface area contributed by atoms with Crippen molar-refractivity contribution in [3.63, 3.8) is 0 Å². The zero-order valence-corrected chi connectivity index (χ0v) is 53.4. The van der Waals surface area contributed by atoms with Crippen LogP contribution in [0.4, 0.5) is 69.3 Å². The van der Waals surface area contributed by atoms with Gasteiger partial charge >= 0.3 is 34.1 Å². The number of anilines is 8. The van der Waals surface area contributed by atoms with E-state index in [0.717, 1.165) is 0 Å². The van der Waals surface area contributed by atoms with Gasteiger partial charge < -0.3 is 44.0 Å². The van der Waals surface area contributed by atoms with Crippen molar-refractivity contribution in [2.75, 3.05) is 44.3 Å². The van der Waals surface area contributed by atoms with E-state index in [1.54, 1.807) is 30.3 Å². The molecule has 0 radical (unpaired) electrons. The molecular formula is C54H42Cl2N14O15S7. The number of nitrogens with one attached hydrogen (secondary N) is 4. The van der Waals surface area contributed by atoms with Crippen LogP contribution in [0.2, 0.25) is 10.6 Å². The Bertz CT molecular complexity index is 4780. The van der Waals surface area contributed by atoms with E-state index in [1.807, 2.05) is 18.2 Å². The first-order valence-corrected chi connectivity index (χ1v) is 35.5. The summed E-state index contributed by atoms with van der Waals surface area (Å²) in [5.74, 6) is -1.63.